The van der Waals surface area contributed by atoms with Gasteiger partial charge in [-0.3, -0.25) is 0 Å². The minimum atomic E-state index is -3.40. The van der Waals surface area contributed by atoms with Gasteiger partial charge in [0.2, 0.25) is 10.0 Å². The summed E-state index contributed by atoms with van der Waals surface area (Å²) in [6, 6.07) is 7.50. The van der Waals surface area contributed by atoms with Crippen LogP contribution >= 0.6 is 0 Å². The Morgan fingerprint density at radius 3 is 2.35 bits per heavy atom. The summed E-state index contributed by atoms with van der Waals surface area (Å²) < 4.78 is 26.1. The fourth-order valence-electron chi connectivity index (χ4n) is 2.11. The molecule has 0 aliphatic rings. The van der Waals surface area contributed by atoms with E-state index in [9.17, 15) is 8.42 Å². The quantitative estimate of drug-likeness (QED) is 0.841. The first-order chi connectivity index (χ1) is 9.32. The molecule has 0 aromatic heterocycles. The maximum absolute atomic E-state index is 12.4. The number of hydrogen-bond acceptors (Lipinski definition) is 3. The Morgan fingerprint density at radius 1 is 1.20 bits per heavy atom. The lowest BCUT2D eigenvalue weighted by molar-refractivity contribution is 0.473. The van der Waals surface area contributed by atoms with E-state index in [4.69, 9.17) is 0 Å². The summed E-state index contributed by atoms with van der Waals surface area (Å²) >= 11 is 0. The minimum absolute atomic E-state index is 0.132. The highest BCUT2D eigenvalue weighted by Gasteiger charge is 2.25. The fourth-order valence-corrected chi connectivity index (χ4v) is 3.30. The third-order valence-electron chi connectivity index (χ3n) is 3.63. The lowest BCUT2D eigenvalue weighted by Crippen LogP contribution is -2.33. The van der Waals surface area contributed by atoms with Gasteiger partial charge in [-0.05, 0) is 37.4 Å². The molecule has 1 aromatic rings. The summed E-state index contributed by atoms with van der Waals surface area (Å²) in [4.78, 5) is 0.405. The maximum atomic E-state index is 12.4. The molecule has 0 heterocycles. The van der Waals surface area contributed by atoms with E-state index in [-0.39, 0.29) is 12.0 Å². The van der Waals surface area contributed by atoms with Gasteiger partial charge in [0, 0.05) is 20.1 Å². The van der Waals surface area contributed by atoms with Crippen LogP contribution in [0.25, 0.3) is 0 Å². The summed E-state index contributed by atoms with van der Waals surface area (Å²) in [5.41, 5.74) is 0.873. The van der Waals surface area contributed by atoms with Crippen molar-refractivity contribution in [3.63, 3.8) is 0 Å². The second kappa shape index (κ2) is 7.20. The topological polar surface area (TPSA) is 49.4 Å². The van der Waals surface area contributed by atoms with Crippen LogP contribution in [-0.4, -0.2) is 39.4 Å². The molecule has 0 aliphatic heterocycles. The lowest BCUT2D eigenvalue weighted by Gasteiger charge is -2.24. The molecule has 114 valence electrons. The van der Waals surface area contributed by atoms with Gasteiger partial charge in [-0.15, -0.1) is 0 Å². The average molecular weight is 298 g/mol. The van der Waals surface area contributed by atoms with Crippen molar-refractivity contribution in [1.82, 2.24) is 9.62 Å². The molecular formula is C15H26N2O2S. The molecule has 1 rings (SSSR count). The van der Waals surface area contributed by atoms with Crippen molar-refractivity contribution < 1.29 is 8.42 Å². The molecule has 0 amide bonds. The maximum Gasteiger partial charge on any atom is 0.242 e. The zero-order valence-corrected chi connectivity index (χ0v) is 13.9. The van der Waals surface area contributed by atoms with Gasteiger partial charge in [0.05, 0.1) is 4.90 Å². The van der Waals surface area contributed by atoms with Crippen molar-refractivity contribution in [2.45, 2.75) is 44.0 Å². The highest BCUT2D eigenvalue weighted by Crippen LogP contribution is 2.27. The summed E-state index contributed by atoms with van der Waals surface area (Å²) in [5, 5.41) is 3.43. The number of sulfonamides is 1. The van der Waals surface area contributed by atoms with Crippen LogP contribution in [0, 0.1) is 0 Å². The monoisotopic (exact) mass is 298 g/mol. The van der Waals surface area contributed by atoms with Crippen molar-refractivity contribution in [3.05, 3.63) is 29.8 Å². The van der Waals surface area contributed by atoms with Gasteiger partial charge in [0.15, 0.2) is 0 Å². The molecule has 2 unspecified atom stereocenters. The molecule has 4 nitrogen and oxygen atoms in total. The molecule has 0 fully saturated rings. The SMILES string of the molecule is CCCNC(C)C(C)c1ccccc1S(=O)(=O)N(C)C. The Bertz CT molecular complexity index is 526. The van der Waals surface area contributed by atoms with Crippen LogP contribution in [-0.2, 0) is 10.0 Å². The third kappa shape index (κ3) is 3.81. The molecule has 5 heteroatoms. The van der Waals surface area contributed by atoms with E-state index in [1.807, 2.05) is 12.1 Å². The molecule has 1 N–H and O–H groups in total. The van der Waals surface area contributed by atoms with E-state index in [1.54, 1.807) is 26.2 Å². The summed E-state index contributed by atoms with van der Waals surface area (Å²) in [7, 11) is -0.271. The van der Waals surface area contributed by atoms with Crippen molar-refractivity contribution in [3.8, 4) is 0 Å². The van der Waals surface area contributed by atoms with Crippen LogP contribution in [0.4, 0.5) is 0 Å². The highest BCUT2D eigenvalue weighted by atomic mass is 32.2. The Hall–Kier alpha value is -0.910. The molecule has 0 bridgehead atoms. The Labute approximate surface area is 123 Å². The van der Waals surface area contributed by atoms with Crippen molar-refractivity contribution in [1.29, 1.82) is 0 Å². The molecule has 1 aromatic carbocycles. The Kier molecular flexibility index (Phi) is 6.17. The number of hydrogen-bond donors (Lipinski definition) is 1. The van der Waals surface area contributed by atoms with Gasteiger partial charge in [-0.2, -0.15) is 0 Å². The number of nitrogens with one attached hydrogen (secondary N) is 1. The fraction of sp³-hybridized carbons (Fsp3) is 0.600. The van der Waals surface area contributed by atoms with E-state index in [2.05, 4.69) is 26.1 Å². The Balaban J connectivity index is 3.14. The predicted molar refractivity (Wildman–Crippen MR) is 83.5 cm³/mol. The second-order valence-corrected chi connectivity index (χ2v) is 7.48. The van der Waals surface area contributed by atoms with Gasteiger partial charge in [0.1, 0.15) is 0 Å². The van der Waals surface area contributed by atoms with E-state index in [0.717, 1.165) is 18.5 Å². The number of nitrogens with zero attached hydrogens (tertiary/aromatic N) is 1. The van der Waals surface area contributed by atoms with E-state index >= 15 is 0 Å². The molecule has 0 spiro atoms. The standard InChI is InChI=1S/C15H26N2O2S/c1-6-11-16-13(3)12(2)14-9-7-8-10-15(14)20(18,19)17(4)5/h7-10,12-13,16H,6,11H2,1-5H3. The van der Waals surface area contributed by atoms with Gasteiger partial charge >= 0.3 is 0 Å². The molecule has 0 aliphatic carbocycles. The van der Waals surface area contributed by atoms with E-state index in [0.29, 0.717) is 4.90 Å². The van der Waals surface area contributed by atoms with Crippen molar-refractivity contribution >= 4 is 10.0 Å². The summed E-state index contributed by atoms with van der Waals surface area (Å²) in [6.45, 7) is 7.22. The van der Waals surface area contributed by atoms with Crippen LogP contribution in [0.1, 0.15) is 38.7 Å². The number of benzene rings is 1. The largest absolute Gasteiger partial charge is 0.314 e. The highest BCUT2D eigenvalue weighted by molar-refractivity contribution is 7.89. The van der Waals surface area contributed by atoms with Crippen LogP contribution in [0.15, 0.2) is 29.2 Å². The molecule has 0 saturated carbocycles. The predicted octanol–water partition coefficient (Wildman–Crippen LogP) is 2.43. The normalized spacial score (nSPS) is 15.3. The van der Waals surface area contributed by atoms with Crippen molar-refractivity contribution in [2.24, 2.45) is 0 Å². The lowest BCUT2D eigenvalue weighted by atomic mass is 9.94. The molecule has 20 heavy (non-hydrogen) atoms. The average Bonchev–Trinajstić information content (AvgIpc) is 2.43. The first kappa shape index (κ1) is 17.1. The molecule has 2 atom stereocenters. The zero-order valence-electron chi connectivity index (χ0n) is 13.1. The first-order valence-corrected chi connectivity index (χ1v) is 8.51. The smallest absolute Gasteiger partial charge is 0.242 e. The van der Waals surface area contributed by atoms with Gasteiger partial charge in [-0.1, -0.05) is 32.0 Å². The van der Waals surface area contributed by atoms with Gasteiger partial charge in [0.25, 0.3) is 0 Å². The number of rotatable bonds is 7. The van der Waals surface area contributed by atoms with Crippen LogP contribution in [0.2, 0.25) is 0 Å². The summed E-state index contributed by atoms with van der Waals surface area (Å²) in [5.74, 6) is 0.132. The molecular weight excluding hydrogens is 272 g/mol. The van der Waals surface area contributed by atoms with Crippen molar-refractivity contribution in [2.75, 3.05) is 20.6 Å². The zero-order chi connectivity index (χ0) is 15.3. The van der Waals surface area contributed by atoms with Crippen LogP contribution in [0.3, 0.4) is 0 Å². The second-order valence-electron chi connectivity index (χ2n) is 5.36. The van der Waals surface area contributed by atoms with Gasteiger partial charge < -0.3 is 5.32 Å². The molecule has 0 radical (unpaired) electrons. The molecule has 0 saturated heterocycles. The first-order valence-electron chi connectivity index (χ1n) is 7.07. The van der Waals surface area contributed by atoms with Gasteiger partial charge in [-0.25, -0.2) is 12.7 Å². The van der Waals surface area contributed by atoms with Crippen LogP contribution in [0.5, 0.6) is 0 Å². The van der Waals surface area contributed by atoms with E-state index in [1.165, 1.54) is 4.31 Å². The Morgan fingerprint density at radius 2 is 1.80 bits per heavy atom. The third-order valence-corrected chi connectivity index (χ3v) is 5.52. The van der Waals surface area contributed by atoms with E-state index < -0.39 is 10.0 Å². The summed E-state index contributed by atoms with van der Waals surface area (Å²) in [6.07, 6.45) is 1.06. The minimum Gasteiger partial charge on any atom is -0.314 e. The van der Waals surface area contributed by atoms with Crippen LogP contribution < -0.4 is 5.32 Å².